The first-order valence-corrected chi connectivity index (χ1v) is 4.99. The summed E-state index contributed by atoms with van der Waals surface area (Å²) >= 11 is 4.16. The van der Waals surface area contributed by atoms with Crippen LogP contribution in [0.5, 0.6) is 0 Å². The van der Waals surface area contributed by atoms with Crippen LogP contribution in [-0.2, 0) is 4.79 Å². The van der Waals surface area contributed by atoms with E-state index in [1.807, 2.05) is 27.7 Å². The van der Waals surface area contributed by atoms with Crippen LogP contribution < -0.4 is 5.32 Å². The van der Waals surface area contributed by atoms with Crippen molar-refractivity contribution >= 4 is 18.5 Å². The smallest absolute Gasteiger partial charge is 0.223 e. The molecule has 0 aliphatic rings. The zero-order valence-corrected chi connectivity index (χ0v) is 9.24. The number of thiol groups is 1. The van der Waals surface area contributed by atoms with E-state index in [2.05, 4.69) is 17.9 Å². The Morgan fingerprint density at radius 2 is 2.08 bits per heavy atom. The molecule has 0 bridgehead atoms. The molecule has 0 saturated carbocycles. The first-order chi connectivity index (χ1) is 5.43. The van der Waals surface area contributed by atoms with Crippen molar-refractivity contribution in [2.24, 2.45) is 5.92 Å². The highest BCUT2D eigenvalue weighted by molar-refractivity contribution is 7.80. The Kier molecular flexibility index (Phi) is 4.68. The van der Waals surface area contributed by atoms with Gasteiger partial charge < -0.3 is 5.32 Å². The lowest BCUT2D eigenvalue weighted by Gasteiger charge is -2.25. The average molecular weight is 189 g/mol. The van der Waals surface area contributed by atoms with Gasteiger partial charge in [-0.1, -0.05) is 13.8 Å². The van der Waals surface area contributed by atoms with Crippen molar-refractivity contribution in [3.8, 4) is 0 Å². The van der Waals surface area contributed by atoms with E-state index in [9.17, 15) is 4.79 Å². The molecule has 0 aromatic carbocycles. The molecule has 1 N–H and O–H groups in total. The maximum absolute atomic E-state index is 11.4. The van der Waals surface area contributed by atoms with Crippen molar-refractivity contribution in [2.45, 2.75) is 39.7 Å². The third-order valence-corrected chi connectivity index (χ3v) is 2.71. The third-order valence-electron chi connectivity index (χ3n) is 1.92. The molecule has 0 heterocycles. The third kappa shape index (κ3) is 4.00. The Hall–Kier alpha value is -0.180. The van der Waals surface area contributed by atoms with E-state index >= 15 is 0 Å². The van der Waals surface area contributed by atoms with Crippen LogP contribution in [-0.4, -0.2) is 17.2 Å². The van der Waals surface area contributed by atoms with Gasteiger partial charge in [-0.05, 0) is 20.3 Å². The van der Waals surface area contributed by atoms with Gasteiger partial charge >= 0.3 is 0 Å². The minimum absolute atomic E-state index is 0.101. The van der Waals surface area contributed by atoms with Crippen LogP contribution >= 0.6 is 12.6 Å². The highest BCUT2D eigenvalue weighted by Gasteiger charge is 2.20. The van der Waals surface area contributed by atoms with Gasteiger partial charge in [0.15, 0.2) is 0 Å². The number of hydrogen-bond acceptors (Lipinski definition) is 2. The van der Waals surface area contributed by atoms with E-state index in [-0.39, 0.29) is 17.4 Å². The quantitative estimate of drug-likeness (QED) is 0.649. The zero-order chi connectivity index (χ0) is 9.78. The summed E-state index contributed by atoms with van der Waals surface area (Å²) in [5.41, 5.74) is -0.191. The molecule has 0 aliphatic heterocycles. The minimum atomic E-state index is -0.191. The van der Waals surface area contributed by atoms with Gasteiger partial charge in [0.2, 0.25) is 5.91 Å². The summed E-state index contributed by atoms with van der Waals surface area (Å²) in [4.78, 5) is 11.4. The molecule has 1 atom stereocenters. The first-order valence-electron chi connectivity index (χ1n) is 4.36. The highest BCUT2D eigenvalue weighted by Crippen LogP contribution is 2.07. The Morgan fingerprint density at radius 1 is 1.58 bits per heavy atom. The van der Waals surface area contributed by atoms with Crippen LogP contribution in [0, 0.1) is 5.92 Å². The Labute approximate surface area is 80.5 Å². The average Bonchev–Trinajstić information content (AvgIpc) is 2.02. The van der Waals surface area contributed by atoms with E-state index < -0.39 is 0 Å². The van der Waals surface area contributed by atoms with E-state index in [0.29, 0.717) is 5.75 Å². The topological polar surface area (TPSA) is 29.1 Å². The van der Waals surface area contributed by atoms with Crippen molar-refractivity contribution in [1.29, 1.82) is 0 Å². The van der Waals surface area contributed by atoms with Gasteiger partial charge in [0.05, 0.1) is 0 Å². The van der Waals surface area contributed by atoms with Gasteiger partial charge in [-0.3, -0.25) is 4.79 Å². The molecule has 0 saturated heterocycles. The highest BCUT2D eigenvalue weighted by atomic mass is 32.1. The largest absolute Gasteiger partial charge is 0.350 e. The van der Waals surface area contributed by atoms with Crippen LogP contribution in [0.15, 0.2) is 0 Å². The number of carbonyl (C=O) groups is 1. The second kappa shape index (κ2) is 4.75. The molecular formula is C9H19NOS. The van der Waals surface area contributed by atoms with E-state index in [4.69, 9.17) is 0 Å². The number of rotatable bonds is 4. The molecule has 0 spiro atoms. The molecule has 0 aliphatic carbocycles. The van der Waals surface area contributed by atoms with Crippen LogP contribution in [0.3, 0.4) is 0 Å². The van der Waals surface area contributed by atoms with E-state index in [1.54, 1.807) is 0 Å². The summed E-state index contributed by atoms with van der Waals surface area (Å²) in [5.74, 6) is 0.885. The first kappa shape index (κ1) is 11.8. The molecule has 72 valence electrons. The molecular weight excluding hydrogens is 170 g/mol. The number of nitrogens with one attached hydrogen (secondary N) is 1. The Bertz CT molecular complexity index is 157. The molecule has 0 radical (unpaired) electrons. The lowest BCUT2D eigenvalue weighted by atomic mass is 10.0. The maximum Gasteiger partial charge on any atom is 0.223 e. The second-order valence-electron chi connectivity index (χ2n) is 3.84. The normalized spacial score (nSPS) is 14.1. The summed E-state index contributed by atoms with van der Waals surface area (Å²) in [6.45, 7) is 7.89. The van der Waals surface area contributed by atoms with Gasteiger partial charge in [0.1, 0.15) is 0 Å². The lowest BCUT2D eigenvalue weighted by molar-refractivity contribution is -0.125. The number of amides is 1. The van der Waals surface area contributed by atoms with Gasteiger partial charge in [-0.15, -0.1) is 0 Å². The molecule has 12 heavy (non-hydrogen) atoms. The monoisotopic (exact) mass is 189 g/mol. The van der Waals surface area contributed by atoms with E-state index in [1.165, 1.54) is 0 Å². The van der Waals surface area contributed by atoms with Crippen molar-refractivity contribution < 1.29 is 4.79 Å². The van der Waals surface area contributed by atoms with Gasteiger partial charge in [-0.2, -0.15) is 12.6 Å². The summed E-state index contributed by atoms with van der Waals surface area (Å²) in [6.07, 6.45) is 0.883. The molecule has 1 unspecified atom stereocenters. The number of carbonyl (C=O) groups excluding carboxylic acids is 1. The summed E-state index contributed by atoms with van der Waals surface area (Å²) in [6, 6.07) is 0. The fourth-order valence-corrected chi connectivity index (χ4v) is 0.761. The summed E-state index contributed by atoms with van der Waals surface area (Å²) < 4.78 is 0. The van der Waals surface area contributed by atoms with Crippen molar-refractivity contribution in [1.82, 2.24) is 5.32 Å². The summed E-state index contributed by atoms with van der Waals surface area (Å²) in [5, 5.41) is 2.94. The van der Waals surface area contributed by atoms with Crippen molar-refractivity contribution in [2.75, 3.05) is 5.75 Å². The Morgan fingerprint density at radius 3 is 2.42 bits per heavy atom. The SMILES string of the molecule is CCC(C)C(=O)NC(C)(C)CS. The predicted octanol–water partition coefficient (Wildman–Crippen LogP) is 1.86. The fraction of sp³-hybridized carbons (Fsp3) is 0.889. The number of hydrogen-bond donors (Lipinski definition) is 2. The fourth-order valence-electron chi connectivity index (χ4n) is 0.682. The van der Waals surface area contributed by atoms with Crippen molar-refractivity contribution in [3.05, 3.63) is 0 Å². The summed E-state index contributed by atoms with van der Waals surface area (Å²) in [7, 11) is 0. The lowest BCUT2D eigenvalue weighted by Crippen LogP contribution is -2.46. The Balaban J connectivity index is 4.00. The molecule has 2 nitrogen and oxygen atoms in total. The van der Waals surface area contributed by atoms with Crippen LogP contribution in [0.1, 0.15) is 34.1 Å². The second-order valence-corrected chi connectivity index (χ2v) is 4.16. The van der Waals surface area contributed by atoms with Crippen LogP contribution in [0.2, 0.25) is 0 Å². The van der Waals surface area contributed by atoms with Gasteiger partial charge in [-0.25, -0.2) is 0 Å². The minimum Gasteiger partial charge on any atom is -0.350 e. The van der Waals surface area contributed by atoms with Crippen molar-refractivity contribution in [3.63, 3.8) is 0 Å². The van der Waals surface area contributed by atoms with Crippen LogP contribution in [0.25, 0.3) is 0 Å². The van der Waals surface area contributed by atoms with Crippen LogP contribution in [0.4, 0.5) is 0 Å². The molecule has 0 rings (SSSR count). The molecule has 1 amide bonds. The van der Waals surface area contributed by atoms with Gasteiger partial charge in [0, 0.05) is 17.2 Å². The van der Waals surface area contributed by atoms with E-state index in [0.717, 1.165) is 6.42 Å². The molecule has 0 fully saturated rings. The van der Waals surface area contributed by atoms with Gasteiger partial charge in [0.25, 0.3) is 0 Å². The zero-order valence-electron chi connectivity index (χ0n) is 8.35. The molecule has 0 aromatic heterocycles. The maximum atomic E-state index is 11.4. The predicted molar refractivity (Wildman–Crippen MR) is 55.5 cm³/mol. The standard InChI is InChI=1S/C9H19NOS/c1-5-7(2)8(11)10-9(3,4)6-12/h7,12H,5-6H2,1-4H3,(H,10,11). The molecule has 3 heteroatoms. The molecule has 0 aromatic rings.